The normalized spacial score (nSPS) is 22.7. The molecule has 0 spiro atoms. The smallest absolute Gasteiger partial charge is 0.410 e. The number of carbonyl (C=O) groups excluding carboxylic acids is 1. The van der Waals surface area contributed by atoms with Gasteiger partial charge in [-0.25, -0.2) is 18.9 Å². The molecule has 2 fully saturated rings. The van der Waals surface area contributed by atoms with Gasteiger partial charge in [0.1, 0.15) is 22.7 Å². The Bertz CT molecular complexity index is 1520. The van der Waals surface area contributed by atoms with Crippen LogP contribution >= 0.6 is 27.5 Å². The first-order valence-electron chi connectivity index (χ1n) is 13.8. The molecule has 10 nitrogen and oxygen atoms in total. The molecule has 0 unspecified atom stereocenters. The van der Waals surface area contributed by atoms with Gasteiger partial charge in [-0.15, -0.1) is 5.10 Å². The van der Waals surface area contributed by atoms with E-state index >= 15 is 4.39 Å². The lowest BCUT2D eigenvalue weighted by atomic mass is 9.95. The Morgan fingerprint density at radius 2 is 2.07 bits per heavy atom. The topological polar surface area (TPSA) is 109 Å². The molecule has 41 heavy (non-hydrogen) atoms. The van der Waals surface area contributed by atoms with Gasteiger partial charge >= 0.3 is 6.09 Å². The van der Waals surface area contributed by atoms with Gasteiger partial charge in [-0.3, -0.25) is 4.90 Å². The van der Waals surface area contributed by atoms with E-state index in [4.69, 9.17) is 21.1 Å². The summed E-state index contributed by atoms with van der Waals surface area (Å²) in [6.45, 7) is 8.77. The maximum atomic E-state index is 15.6. The van der Waals surface area contributed by atoms with E-state index in [9.17, 15) is 10.1 Å². The van der Waals surface area contributed by atoms with Crippen LogP contribution in [0, 0.1) is 17.1 Å². The number of benzene rings is 1. The van der Waals surface area contributed by atoms with Crippen molar-refractivity contribution < 1.29 is 18.7 Å². The lowest BCUT2D eigenvalue weighted by Crippen LogP contribution is -2.48. The van der Waals surface area contributed by atoms with E-state index in [1.54, 1.807) is 15.6 Å². The predicted molar refractivity (Wildman–Crippen MR) is 156 cm³/mol. The molecule has 2 aliphatic heterocycles. The van der Waals surface area contributed by atoms with Crippen LogP contribution < -0.4 is 4.74 Å². The van der Waals surface area contributed by atoms with E-state index in [1.807, 2.05) is 27.7 Å². The van der Waals surface area contributed by atoms with Crippen molar-refractivity contribution in [1.29, 1.82) is 5.26 Å². The fourth-order valence-electron chi connectivity index (χ4n) is 5.95. The lowest BCUT2D eigenvalue weighted by molar-refractivity contribution is 0.00557. The van der Waals surface area contributed by atoms with E-state index in [0.717, 1.165) is 19.4 Å². The summed E-state index contributed by atoms with van der Waals surface area (Å²) in [5.74, 6) is -0.390. The second-order valence-electron chi connectivity index (χ2n) is 11.9. The number of piperidine rings is 1. The van der Waals surface area contributed by atoms with Crippen LogP contribution in [0.4, 0.5) is 9.18 Å². The number of amides is 1. The third-order valence-electron chi connectivity index (χ3n) is 7.91. The van der Waals surface area contributed by atoms with E-state index in [-0.39, 0.29) is 51.5 Å². The number of halogens is 3. The molecule has 2 aromatic heterocycles. The van der Waals surface area contributed by atoms with Crippen LogP contribution in [-0.2, 0) is 4.74 Å². The molecule has 5 rings (SSSR count). The van der Waals surface area contributed by atoms with Crippen molar-refractivity contribution in [1.82, 2.24) is 29.8 Å². The third-order valence-corrected chi connectivity index (χ3v) is 9.21. The molecule has 1 amide bonds. The molecule has 0 N–H and O–H groups in total. The second-order valence-corrected chi connectivity index (χ2v) is 13.1. The molecule has 13 heteroatoms. The maximum Gasteiger partial charge on any atom is 0.410 e. The van der Waals surface area contributed by atoms with Crippen molar-refractivity contribution in [3.05, 3.63) is 21.4 Å². The minimum atomic E-state index is -0.655. The second kappa shape index (κ2) is 11.5. The number of hydrogen-bond donors (Lipinski definition) is 0. The minimum absolute atomic E-state index is 0.0964. The van der Waals surface area contributed by atoms with Crippen molar-refractivity contribution in [3.8, 4) is 11.9 Å². The first-order valence-corrected chi connectivity index (χ1v) is 15.0. The summed E-state index contributed by atoms with van der Waals surface area (Å²) in [5, 5.41) is 19.2. The molecule has 1 aromatic carbocycles. The number of carbonyl (C=O) groups is 1. The molecule has 4 atom stereocenters. The zero-order valence-electron chi connectivity index (χ0n) is 23.8. The van der Waals surface area contributed by atoms with Crippen LogP contribution in [0.3, 0.4) is 0 Å². The van der Waals surface area contributed by atoms with Crippen molar-refractivity contribution in [2.24, 2.45) is 0 Å². The SMILES string of the molecule is C[C@H](Oc1nc2c(F)c(Br)c(Cl)cc2c2c1nnn2[C@H]1CCN(C(=O)OC(C)(C)C)[C@@H](CC#N)C1)[C@@H]1CCCN1C. The van der Waals surface area contributed by atoms with E-state index in [0.29, 0.717) is 35.8 Å². The van der Waals surface area contributed by atoms with Gasteiger partial charge in [-0.05, 0) is 89.0 Å². The van der Waals surface area contributed by atoms with Crippen LogP contribution in [-0.4, -0.2) is 79.8 Å². The van der Waals surface area contributed by atoms with Crippen LogP contribution in [0.15, 0.2) is 10.5 Å². The Balaban J connectivity index is 1.57. The summed E-state index contributed by atoms with van der Waals surface area (Å²) in [6.07, 6.45) is 2.53. The number of nitrogens with zero attached hydrogens (tertiary/aromatic N) is 7. The van der Waals surface area contributed by atoms with Crippen LogP contribution in [0.25, 0.3) is 21.9 Å². The van der Waals surface area contributed by atoms with Gasteiger partial charge in [0.2, 0.25) is 5.88 Å². The van der Waals surface area contributed by atoms with Gasteiger partial charge in [0, 0.05) is 18.0 Å². The quantitative estimate of drug-likeness (QED) is 0.298. The number of ether oxygens (including phenoxy) is 2. The summed E-state index contributed by atoms with van der Waals surface area (Å²) < 4.78 is 29.4. The molecular formula is C28H34BrClFN7O3. The highest BCUT2D eigenvalue weighted by molar-refractivity contribution is 9.10. The van der Waals surface area contributed by atoms with Crippen LogP contribution in [0.5, 0.6) is 5.88 Å². The van der Waals surface area contributed by atoms with Crippen LogP contribution in [0.1, 0.15) is 65.8 Å². The highest BCUT2D eigenvalue weighted by Crippen LogP contribution is 2.40. The fourth-order valence-corrected chi connectivity index (χ4v) is 6.45. The summed E-state index contributed by atoms with van der Waals surface area (Å²) in [7, 11) is 2.07. The zero-order valence-corrected chi connectivity index (χ0v) is 26.2. The van der Waals surface area contributed by atoms with Gasteiger partial charge in [0.05, 0.1) is 34.1 Å². The Morgan fingerprint density at radius 1 is 1.32 bits per heavy atom. The van der Waals surface area contributed by atoms with Crippen LogP contribution in [0.2, 0.25) is 5.02 Å². The number of rotatable bonds is 5. The summed E-state index contributed by atoms with van der Waals surface area (Å²) in [4.78, 5) is 21.4. The first kappa shape index (κ1) is 29.7. The monoisotopic (exact) mass is 649 g/mol. The number of nitriles is 1. The fraction of sp³-hybridized carbons (Fsp3) is 0.607. The lowest BCUT2D eigenvalue weighted by Gasteiger charge is -2.39. The Hall–Kier alpha value is -2.75. The molecule has 3 aromatic rings. The molecule has 0 radical (unpaired) electrons. The molecule has 0 saturated carbocycles. The molecule has 0 bridgehead atoms. The summed E-state index contributed by atoms with van der Waals surface area (Å²) in [6, 6.07) is 3.44. The number of aromatic nitrogens is 4. The summed E-state index contributed by atoms with van der Waals surface area (Å²) in [5.41, 5.74) is 0.405. The molecule has 220 valence electrons. The summed E-state index contributed by atoms with van der Waals surface area (Å²) >= 11 is 9.64. The number of pyridine rings is 1. The molecule has 0 aliphatic carbocycles. The highest BCUT2D eigenvalue weighted by Gasteiger charge is 2.37. The Kier molecular flexibility index (Phi) is 8.34. The van der Waals surface area contributed by atoms with Gasteiger partial charge in [-0.2, -0.15) is 5.26 Å². The number of likely N-dealkylation sites (N-methyl/N-ethyl adjacent to an activating group) is 1. The molecule has 4 heterocycles. The van der Waals surface area contributed by atoms with E-state index < -0.39 is 17.5 Å². The van der Waals surface area contributed by atoms with Gasteiger partial charge in [0.25, 0.3) is 0 Å². The molecule has 2 saturated heterocycles. The largest absolute Gasteiger partial charge is 0.471 e. The predicted octanol–water partition coefficient (Wildman–Crippen LogP) is 6.25. The van der Waals surface area contributed by atoms with Crippen molar-refractivity contribution >= 4 is 55.6 Å². The third kappa shape index (κ3) is 5.81. The highest BCUT2D eigenvalue weighted by atomic mass is 79.9. The van der Waals surface area contributed by atoms with Gasteiger partial charge in [-0.1, -0.05) is 16.8 Å². The van der Waals surface area contributed by atoms with Crippen molar-refractivity contribution in [3.63, 3.8) is 0 Å². The first-order chi connectivity index (χ1) is 19.4. The number of likely N-dealkylation sites (tertiary alicyclic amines) is 2. The number of fused-ring (bicyclic) bond motifs is 3. The average molecular weight is 651 g/mol. The Morgan fingerprint density at radius 3 is 2.73 bits per heavy atom. The standard InChI is InChI=1S/C28H34BrClFN7O3/c1-15(20-7-6-11-36(20)5)40-26-24-25(18-14-19(30)21(29)22(31)23(18)33-26)38(35-34-24)17-9-12-37(16(13-17)8-10-32)27(39)41-28(2,3)4/h14-17,20H,6-9,11-13H2,1-5H3/t15-,16-,17-,20-/m0/s1. The average Bonchev–Trinajstić information content (AvgIpc) is 3.54. The van der Waals surface area contributed by atoms with Crippen molar-refractivity contribution in [2.75, 3.05) is 20.1 Å². The van der Waals surface area contributed by atoms with Crippen molar-refractivity contribution in [2.45, 2.75) is 89.6 Å². The van der Waals surface area contributed by atoms with E-state index in [1.165, 1.54) is 0 Å². The Labute approximate surface area is 251 Å². The zero-order chi connectivity index (χ0) is 29.6. The van der Waals surface area contributed by atoms with Gasteiger partial charge < -0.3 is 14.4 Å². The molecule has 2 aliphatic rings. The minimum Gasteiger partial charge on any atom is -0.471 e. The maximum absolute atomic E-state index is 15.6. The number of hydrogen-bond acceptors (Lipinski definition) is 8. The van der Waals surface area contributed by atoms with Gasteiger partial charge in [0.15, 0.2) is 11.3 Å². The van der Waals surface area contributed by atoms with E-state index in [2.05, 4.69) is 49.2 Å². The molecular weight excluding hydrogens is 617 g/mol.